The summed E-state index contributed by atoms with van der Waals surface area (Å²) >= 11 is 5.11. The molecule has 14 heavy (non-hydrogen) atoms. The van der Waals surface area contributed by atoms with E-state index in [0.717, 1.165) is 17.6 Å². The molecule has 0 heterocycles. The van der Waals surface area contributed by atoms with Gasteiger partial charge in [-0.2, -0.15) is 0 Å². The molecular weight excluding hydrogens is 192 g/mol. The molecule has 0 saturated carbocycles. The van der Waals surface area contributed by atoms with Gasteiger partial charge in [-0.1, -0.05) is 26.7 Å². The summed E-state index contributed by atoms with van der Waals surface area (Å²) in [6, 6.07) is 0.422. The van der Waals surface area contributed by atoms with Crippen molar-refractivity contribution in [2.75, 3.05) is 6.54 Å². The Kier molecular flexibility index (Phi) is 7.86. The lowest BCUT2D eigenvalue weighted by Crippen LogP contribution is -2.39. The fourth-order valence-electron chi connectivity index (χ4n) is 1.19. The van der Waals surface area contributed by atoms with Crippen molar-refractivity contribution in [2.45, 2.75) is 53.0 Å². The first kappa shape index (κ1) is 13.7. The van der Waals surface area contributed by atoms with Crippen molar-refractivity contribution in [1.82, 2.24) is 10.6 Å². The molecule has 84 valence electrons. The minimum absolute atomic E-state index is 0.422. The first-order chi connectivity index (χ1) is 6.52. The molecule has 2 nitrogen and oxygen atoms in total. The Morgan fingerprint density at radius 1 is 1.14 bits per heavy atom. The van der Waals surface area contributed by atoms with Crippen molar-refractivity contribution in [3.05, 3.63) is 0 Å². The maximum absolute atomic E-state index is 5.11. The van der Waals surface area contributed by atoms with Crippen molar-refractivity contribution in [3.63, 3.8) is 0 Å². The van der Waals surface area contributed by atoms with E-state index in [9.17, 15) is 0 Å². The van der Waals surface area contributed by atoms with Gasteiger partial charge >= 0.3 is 0 Å². The molecule has 0 bridgehead atoms. The van der Waals surface area contributed by atoms with E-state index in [1.54, 1.807) is 0 Å². The van der Waals surface area contributed by atoms with E-state index in [2.05, 4.69) is 38.3 Å². The number of rotatable bonds is 6. The molecule has 3 heteroatoms. The van der Waals surface area contributed by atoms with Crippen LogP contribution in [0.5, 0.6) is 0 Å². The van der Waals surface area contributed by atoms with E-state index in [-0.39, 0.29) is 0 Å². The molecular formula is C11H24N2S. The number of thiocarbonyl (C=S) groups is 1. The molecule has 0 aliphatic heterocycles. The standard InChI is InChI=1S/C11H24N2S/c1-9(2)7-5-6-8-12-11(14)13-10(3)4/h9-10H,5-8H2,1-4H3,(H2,12,13,14). The minimum atomic E-state index is 0.422. The van der Waals surface area contributed by atoms with Crippen molar-refractivity contribution >= 4 is 17.3 Å². The van der Waals surface area contributed by atoms with Gasteiger partial charge in [-0.25, -0.2) is 0 Å². The van der Waals surface area contributed by atoms with Crippen molar-refractivity contribution < 1.29 is 0 Å². The lowest BCUT2D eigenvalue weighted by Gasteiger charge is -2.13. The molecule has 0 spiro atoms. The zero-order valence-electron chi connectivity index (χ0n) is 9.89. The lowest BCUT2D eigenvalue weighted by molar-refractivity contribution is 0.534. The predicted octanol–water partition coefficient (Wildman–Crippen LogP) is 2.69. The summed E-state index contributed by atoms with van der Waals surface area (Å²) in [5.41, 5.74) is 0. The van der Waals surface area contributed by atoms with Crippen LogP contribution in [0.4, 0.5) is 0 Å². The molecule has 2 N–H and O–H groups in total. The van der Waals surface area contributed by atoms with E-state index < -0.39 is 0 Å². The Bertz CT molecular complexity index is 155. The Morgan fingerprint density at radius 3 is 2.29 bits per heavy atom. The highest BCUT2D eigenvalue weighted by atomic mass is 32.1. The van der Waals surface area contributed by atoms with Gasteiger partial charge in [0, 0.05) is 12.6 Å². The molecule has 0 amide bonds. The Morgan fingerprint density at radius 2 is 1.79 bits per heavy atom. The van der Waals surface area contributed by atoms with E-state index >= 15 is 0 Å². The maximum Gasteiger partial charge on any atom is 0.166 e. The van der Waals surface area contributed by atoms with E-state index in [4.69, 9.17) is 12.2 Å². The lowest BCUT2D eigenvalue weighted by atomic mass is 10.1. The van der Waals surface area contributed by atoms with Gasteiger partial charge in [0.05, 0.1) is 0 Å². The van der Waals surface area contributed by atoms with Crippen LogP contribution in [0.1, 0.15) is 47.0 Å². The van der Waals surface area contributed by atoms with Gasteiger partial charge in [0.1, 0.15) is 0 Å². The topological polar surface area (TPSA) is 24.1 Å². The van der Waals surface area contributed by atoms with E-state index in [0.29, 0.717) is 6.04 Å². The first-order valence-corrected chi connectivity index (χ1v) is 5.97. The SMILES string of the molecule is CC(C)CCCCNC(=S)NC(C)C. The summed E-state index contributed by atoms with van der Waals surface area (Å²) in [6.45, 7) is 9.70. The largest absolute Gasteiger partial charge is 0.363 e. The Labute approximate surface area is 93.8 Å². The number of unbranched alkanes of at least 4 members (excludes halogenated alkanes) is 1. The average Bonchev–Trinajstić information content (AvgIpc) is 2.01. The molecule has 0 atom stereocenters. The third-order valence-corrected chi connectivity index (χ3v) is 2.18. The van der Waals surface area contributed by atoms with Crippen molar-refractivity contribution in [2.24, 2.45) is 5.92 Å². The van der Waals surface area contributed by atoms with Crippen LogP contribution in [0, 0.1) is 5.92 Å². The number of nitrogens with one attached hydrogen (secondary N) is 2. The maximum atomic E-state index is 5.11. The van der Waals surface area contributed by atoms with Crippen LogP contribution < -0.4 is 10.6 Å². The highest BCUT2D eigenvalue weighted by Gasteiger charge is 1.97. The first-order valence-electron chi connectivity index (χ1n) is 5.56. The second kappa shape index (κ2) is 8.04. The summed E-state index contributed by atoms with van der Waals surface area (Å²) in [4.78, 5) is 0. The zero-order valence-corrected chi connectivity index (χ0v) is 10.7. The van der Waals surface area contributed by atoms with Crippen molar-refractivity contribution in [3.8, 4) is 0 Å². The second-order valence-electron chi connectivity index (χ2n) is 4.44. The van der Waals surface area contributed by atoms with Gasteiger partial charge in [0.25, 0.3) is 0 Å². The minimum Gasteiger partial charge on any atom is -0.363 e. The monoisotopic (exact) mass is 216 g/mol. The van der Waals surface area contributed by atoms with Crippen LogP contribution >= 0.6 is 12.2 Å². The third kappa shape index (κ3) is 9.78. The van der Waals surface area contributed by atoms with Gasteiger partial charge in [-0.3, -0.25) is 0 Å². The molecule has 0 fully saturated rings. The fraction of sp³-hybridized carbons (Fsp3) is 0.909. The molecule has 0 aliphatic carbocycles. The highest BCUT2D eigenvalue weighted by molar-refractivity contribution is 7.80. The zero-order chi connectivity index (χ0) is 11.0. The predicted molar refractivity (Wildman–Crippen MR) is 67.6 cm³/mol. The van der Waals surface area contributed by atoms with Gasteiger partial charge in [0.15, 0.2) is 5.11 Å². The van der Waals surface area contributed by atoms with Crippen LogP contribution in [0.15, 0.2) is 0 Å². The Balaban J connectivity index is 3.23. The summed E-state index contributed by atoms with van der Waals surface area (Å²) < 4.78 is 0. The van der Waals surface area contributed by atoms with E-state index in [1.165, 1.54) is 19.3 Å². The summed E-state index contributed by atoms with van der Waals surface area (Å²) in [5, 5.41) is 7.15. The van der Waals surface area contributed by atoms with Crippen LogP contribution in [0.2, 0.25) is 0 Å². The highest BCUT2D eigenvalue weighted by Crippen LogP contribution is 2.04. The summed E-state index contributed by atoms with van der Waals surface area (Å²) in [5.74, 6) is 0.816. The molecule has 0 rings (SSSR count). The van der Waals surface area contributed by atoms with Crippen molar-refractivity contribution in [1.29, 1.82) is 0 Å². The Hall–Kier alpha value is -0.310. The van der Waals surface area contributed by atoms with Crippen LogP contribution in [-0.2, 0) is 0 Å². The third-order valence-electron chi connectivity index (χ3n) is 1.91. The number of hydrogen-bond acceptors (Lipinski definition) is 1. The summed E-state index contributed by atoms with van der Waals surface area (Å²) in [7, 11) is 0. The second-order valence-corrected chi connectivity index (χ2v) is 4.85. The quantitative estimate of drug-likeness (QED) is 0.527. The summed E-state index contributed by atoms with van der Waals surface area (Å²) in [6.07, 6.45) is 3.80. The van der Waals surface area contributed by atoms with Crippen LogP contribution in [0.3, 0.4) is 0 Å². The van der Waals surface area contributed by atoms with Gasteiger partial charge in [-0.15, -0.1) is 0 Å². The fourth-order valence-corrected chi connectivity index (χ4v) is 1.53. The smallest absolute Gasteiger partial charge is 0.166 e. The normalized spacial score (nSPS) is 10.7. The molecule has 0 aromatic rings. The molecule has 0 aromatic carbocycles. The molecule has 0 saturated heterocycles. The van der Waals surface area contributed by atoms with Gasteiger partial charge in [-0.05, 0) is 38.4 Å². The molecule has 0 radical (unpaired) electrons. The van der Waals surface area contributed by atoms with Gasteiger partial charge in [0.2, 0.25) is 0 Å². The molecule has 0 aromatic heterocycles. The molecule has 0 aliphatic rings. The molecule has 0 unspecified atom stereocenters. The van der Waals surface area contributed by atoms with Crippen LogP contribution in [0.25, 0.3) is 0 Å². The van der Waals surface area contributed by atoms with Crippen LogP contribution in [-0.4, -0.2) is 17.7 Å². The average molecular weight is 216 g/mol. The van der Waals surface area contributed by atoms with E-state index in [1.807, 2.05) is 0 Å². The number of hydrogen-bond donors (Lipinski definition) is 2. The van der Waals surface area contributed by atoms with Gasteiger partial charge < -0.3 is 10.6 Å².